The SMILES string of the molecule is CCC(c1ccccc1)c1c(-c2ccc3c(C(N)=O)cccc3c2C(CC)c2ccccc2)ccc2c(C(N)=O)cccc12. The number of nitrogens with two attached hydrogens (primary N) is 2. The molecule has 218 valence electrons. The standard InChI is InChI=1S/C40H36N2O2/c1-3-27(25-13-7-5-8-14-25)37-31-17-11-19-35(39(41)43)29(31)21-23-33(37)34-24-22-30-32(18-12-20-36(30)40(42)44)38(34)28(4-2)26-15-9-6-10-16-26/h5-24,27-28H,3-4H2,1-2H3,(H2,41,43)(H2,42,44). The van der Waals surface area contributed by atoms with Crippen molar-refractivity contribution in [3.8, 4) is 11.1 Å². The fraction of sp³-hybridized carbons (Fsp3) is 0.150. The first-order chi connectivity index (χ1) is 21.4. The van der Waals surface area contributed by atoms with Crippen molar-refractivity contribution in [1.29, 1.82) is 0 Å². The number of carbonyl (C=O) groups excluding carboxylic acids is 2. The molecule has 4 nitrogen and oxygen atoms in total. The Morgan fingerprint density at radius 2 is 0.864 bits per heavy atom. The highest BCUT2D eigenvalue weighted by Crippen LogP contribution is 2.46. The second-order valence-corrected chi connectivity index (χ2v) is 11.3. The number of benzene rings is 6. The lowest BCUT2D eigenvalue weighted by molar-refractivity contribution is 0.0993. The Morgan fingerprint density at radius 3 is 1.20 bits per heavy atom. The molecule has 2 amide bonds. The molecule has 0 spiro atoms. The number of carbonyl (C=O) groups is 2. The van der Waals surface area contributed by atoms with Gasteiger partial charge in [0.2, 0.25) is 11.8 Å². The fourth-order valence-electron chi connectivity index (χ4n) is 7.00. The van der Waals surface area contributed by atoms with Gasteiger partial charge < -0.3 is 11.5 Å². The van der Waals surface area contributed by atoms with Crippen molar-refractivity contribution in [3.63, 3.8) is 0 Å². The Balaban J connectivity index is 1.76. The van der Waals surface area contributed by atoms with Gasteiger partial charge in [0.05, 0.1) is 0 Å². The van der Waals surface area contributed by atoms with E-state index in [2.05, 4.69) is 86.6 Å². The minimum absolute atomic E-state index is 0.0651. The number of rotatable bonds is 9. The molecule has 0 bridgehead atoms. The molecule has 2 unspecified atom stereocenters. The molecule has 4 N–H and O–H groups in total. The molecule has 0 aliphatic heterocycles. The number of hydrogen-bond acceptors (Lipinski definition) is 2. The van der Waals surface area contributed by atoms with Crippen LogP contribution < -0.4 is 11.5 Å². The van der Waals surface area contributed by atoms with Crippen LogP contribution in [0.4, 0.5) is 0 Å². The van der Waals surface area contributed by atoms with E-state index in [-0.39, 0.29) is 11.8 Å². The van der Waals surface area contributed by atoms with Gasteiger partial charge in [0.15, 0.2) is 0 Å². The molecule has 0 aromatic heterocycles. The molecule has 44 heavy (non-hydrogen) atoms. The van der Waals surface area contributed by atoms with Crippen LogP contribution >= 0.6 is 0 Å². The lowest BCUT2D eigenvalue weighted by Gasteiger charge is -2.27. The third kappa shape index (κ3) is 5.03. The van der Waals surface area contributed by atoms with Gasteiger partial charge in [-0.15, -0.1) is 0 Å². The molecule has 0 fully saturated rings. The summed E-state index contributed by atoms with van der Waals surface area (Å²) in [5.41, 5.74) is 19.7. The number of amides is 2. The average molecular weight is 577 g/mol. The minimum atomic E-state index is -0.442. The van der Waals surface area contributed by atoms with Gasteiger partial charge in [-0.25, -0.2) is 0 Å². The smallest absolute Gasteiger partial charge is 0.249 e. The van der Waals surface area contributed by atoms with Crippen LogP contribution in [0.25, 0.3) is 32.7 Å². The van der Waals surface area contributed by atoms with Crippen molar-refractivity contribution in [1.82, 2.24) is 0 Å². The van der Waals surface area contributed by atoms with Gasteiger partial charge in [-0.05, 0) is 79.9 Å². The van der Waals surface area contributed by atoms with E-state index in [1.165, 1.54) is 11.1 Å². The predicted molar refractivity (Wildman–Crippen MR) is 181 cm³/mol. The molecular formula is C40H36N2O2. The van der Waals surface area contributed by atoms with Crippen molar-refractivity contribution in [3.05, 3.63) is 155 Å². The van der Waals surface area contributed by atoms with Crippen molar-refractivity contribution in [2.45, 2.75) is 38.5 Å². The Morgan fingerprint density at radius 1 is 0.477 bits per heavy atom. The largest absolute Gasteiger partial charge is 0.366 e. The first-order valence-corrected chi connectivity index (χ1v) is 15.3. The van der Waals surface area contributed by atoms with Crippen LogP contribution in [-0.2, 0) is 0 Å². The van der Waals surface area contributed by atoms with E-state index in [0.717, 1.165) is 56.6 Å². The van der Waals surface area contributed by atoms with E-state index in [4.69, 9.17) is 11.5 Å². The van der Waals surface area contributed by atoms with Gasteiger partial charge in [0, 0.05) is 23.0 Å². The Bertz CT molecular complexity index is 1850. The van der Waals surface area contributed by atoms with Gasteiger partial charge in [0.1, 0.15) is 0 Å². The summed E-state index contributed by atoms with van der Waals surface area (Å²) in [4.78, 5) is 25.1. The van der Waals surface area contributed by atoms with Crippen LogP contribution in [0.5, 0.6) is 0 Å². The van der Waals surface area contributed by atoms with Gasteiger partial charge >= 0.3 is 0 Å². The zero-order valence-electron chi connectivity index (χ0n) is 25.1. The summed E-state index contributed by atoms with van der Waals surface area (Å²) in [6.07, 6.45) is 1.73. The van der Waals surface area contributed by atoms with E-state index >= 15 is 0 Å². The number of hydrogen-bond donors (Lipinski definition) is 2. The number of fused-ring (bicyclic) bond motifs is 2. The topological polar surface area (TPSA) is 86.2 Å². The van der Waals surface area contributed by atoms with Crippen LogP contribution in [0.15, 0.2) is 121 Å². The Hall–Kier alpha value is -5.22. The second kappa shape index (κ2) is 12.2. The summed E-state index contributed by atoms with van der Waals surface area (Å²) < 4.78 is 0. The quantitative estimate of drug-likeness (QED) is 0.180. The first-order valence-electron chi connectivity index (χ1n) is 15.3. The molecule has 0 radical (unpaired) electrons. The molecule has 6 rings (SSSR count). The Kier molecular flexibility index (Phi) is 7.99. The highest BCUT2D eigenvalue weighted by atomic mass is 16.1. The lowest BCUT2D eigenvalue weighted by Crippen LogP contribution is -2.13. The van der Waals surface area contributed by atoms with E-state index in [9.17, 15) is 9.59 Å². The van der Waals surface area contributed by atoms with Crippen LogP contribution in [-0.4, -0.2) is 11.8 Å². The zero-order valence-corrected chi connectivity index (χ0v) is 25.1. The number of primary amides is 2. The van der Waals surface area contributed by atoms with Crippen molar-refractivity contribution >= 4 is 33.4 Å². The summed E-state index contributed by atoms with van der Waals surface area (Å²) in [5.74, 6) is -0.754. The maximum Gasteiger partial charge on any atom is 0.249 e. The first kappa shape index (κ1) is 28.9. The third-order valence-electron chi connectivity index (χ3n) is 8.94. The molecule has 0 aliphatic rings. The normalized spacial score (nSPS) is 12.7. The van der Waals surface area contributed by atoms with Crippen molar-refractivity contribution < 1.29 is 9.59 Å². The highest BCUT2D eigenvalue weighted by Gasteiger charge is 2.26. The van der Waals surface area contributed by atoms with Crippen molar-refractivity contribution in [2.75, 3.05) is 0 Å². The van der Waals surface area contributed by atoms with Gasteiger partial charge in [-0.3, -0.25) is 9.59 Å². The van der Waals surface area contributed by atoms with Crippen LogP contribution in [0, 0.1) is 0 Å². The second-order valence-electron chi connectivity index (χ2n) is 11.3. The van der Waals surface area contributed by atoms with Crippen LogP contribution in [0.3, 0.4) is 0 Å². The molecule has 4 heteroatoms. The molecule has 0 saturated carbocycles. The third-order valence-corrected chi connectivity index (χ3v) is 8.94. The minimum Gasteiger partial charge on any atom is -0.366 e. The maximum absolute atomic E-state index is 12.5. The highest BCUT2D eigenvalue weighted by molar-refractivity contribution is 6.11. The molecule has 0 heterocycles. The Labute approximate surface area is 258 Å². The molecule has 6 aromatic rings. The molecule has 2 atom stereocenters. The van der Waals surface area contributed by atoms with E-state index in [1.54, 1.807) is 12.1 Å². The van der Waals surface area contributed by atoms with E-state index in [0.29, 0.717) is 11.1 Å². The van der Waals surface area contributed by atoms with Crippen LogP contribution in [0.1, 0.15) is 81.5 Å². The van der Waals surface area contributed by atoms with Gasteiger partial charge in [-0.2, -0.15) is 0 Å². The zero-order chi connectivity index (χ0) is 30.8. The molecule has 0 saturated heterocycles. The summed E-state index contributed by atoms with van der Waals surface area (Å²) in [5, 5.41) is 3.72. The van der Waals surface area contributed by atoms with Gasteiger partial charge in [-0.1, -0.05) is 123 Å². The summed E-state index contributed by atoms with van der Waals surface area (Å²) >= 11 is 0. The average Bonchev–Trinajstić information content (AvgIpc) is 3.06. The monoisotopic (exact) mass is 576 g/mol. The molecular weight excluding hydrogens is 540 g/mol. The fourth-order valence-corrected chi connectivity index (χ4v) is 7.00. The molecule has 6 aromatic carbocycles. The van der Waals surface area contributed by atoms with E-state index in [1.807, 2.05) is 36.4 Å². The predicted octanol–water partition coefficient (Wildman–Crippen LogP) is 8.94. The van der Waals surface area contributed by atoms with E-state index < -0.39 is 11.8 Å². The summed E-state index contributed by atoms with van der Waals surface area (Å²) in [6.45, 7) is 4.41. The maximum atomic E-state index is 12.5. The lowest BCUT2D eigenvalue weighted by atomic mass is 9.76. The van der Waals surface area contributed by atoms with Crippen LogP contribution in [0.2, 0.25) is 0 Å². The van der Waals surface area contributed by atoms with Crippen molar-refractivity contribution in [2.24, 2.45) is 11.5 Å². The summed E-state index contributed by atoms with van der Waals surface area (Å²) in [6, 6.07) is 41.1. The molecule has 0 aliphatic carbocycles. The van der Waals surface area contributed by atoms with Gasteiger partial charge in [0.25, 0.3) is 0 Å². The summed E-state index contributed by atoms with van der Waals surface area (Å²) in [7, 11) is 0.